The van der Waals surface area contributed by atoms with Crippen molar-refractivity contribution in [3.05, 3.63) is 44.4 Å². The van der Waals surface area contributed by atoms with Crippen molar-refractivity contribution in [3.8, 4) is 0 Å². The number of hydrogen-bond acceptors (Lipinski definition) is 5. The molecule has 4 nitrogen and oxygen atoms in total. The lowest BCUT2D eigenvalue weighted by Gasteiger charge is -2.16. The number of carbonyl (C=O) groups excluding carboxylic acids is 1. The first-order valence-electron chi connectivity index (χ1n) is 6.50. The highest BCUT2D eigenvalue weighted by Gasteiger charge is 2.15. The van der Waals surface area contributed by atoms with Crippen LogP contribution in [0.15, 0.2) is 18.2 Å². The smallest absolute Gasteiger partial charge is 0.337 e. The van der Waals surface area contributed by atoms with Gasteiger partial charge in [-0.3, -0.25) is 0 Å². The summed E-state index contributed by atoms with van der Waals surface area (Å²) in [5.41, 5.74) is 2.18. The van der Waals surface area contributed by atoms with Gasteiger partial charge >= 0.3 is 5.97 Å². The average Bonchev–Trinajstić information content (AvgIpc) is 2.79. The van der Waals surface area contributed by atoms with Gasteiger partial charge in [0.25, 0.3) is 0 Å². The van der Waals surface area contributed by atoms with E-state index in [2.05, 4.69) is 10.3 Å². The Bertz CT molecular complexity index is 670. The third-order valence-electron chi connectivity index (χ3n) is 3.09. The second kappa shape index (κ2) is 6.45. The van der Waals surface area contributed by atoms with Gasteiger partial charge in [-0.2, -0.15) is 0 Å². The third-order valence-corrected chi connectivity index (χ3v) is 4.68. The summed E-state index contributed by atoms with van der Waals surface area (Å²) in [6.07, 6.45) is 0. The zero-order valence-corrected chi connectivity index (χ0v) is 13.9. The lowest BCUT2D eigenvalue weighted by atomic mass is 10.1. The number of esters is 1. The summed E-state index contributed by atoms with van der Waals surface area (Å²) in [6, 6.07) is 5.09. The fourth-order valence-electron chi connectivity index (χ4n) is 2.13. The van der Waals surface area contributed by atoms with E-state index < -0.39 is 0 Å². The number of halogens is 1. The van der Waals surface area contributed by atoms with Crippen molar-refractivity contribution in [1.82, 2.24) is 4.98 Å². The van der Waals surface area contributed by atoms with Crippen LogP contribution in [0.2, 0.25) is 5.02 Å². The lowest BCUT2D eigenvalue weighted by Crippen LogP contribution is -2.08. The van der Waals surface area contributed by atoms with Crippen LogP contribution in [0.5, 0.6) is 0 Å². The number of benzene rings is 1. The van der Waals surface area contributed by atoms with E-state index in [-0.39, 0.29) is 12.0 Å². The summed E-state index contributed by atoms with van der Waals surface area (Å²) >= 11 is 7.85. The first kappa shape index (κ1) is 15.8. The first-order valence-corrected chi connectivity index (χ1v) is 7.70. The number of rotatable bonds is 4. The number of nitrogens with one attached hydrogen (secondary N) is 1. The summed E-state index contributed by atoms with van der Waals surface area (Å²) in [7, 11) is 1.36. The standard InChI is InChI=1S/C15H17ClN2O2S/c1-8-14(21-10(3)17-8)9(2)18-13-7-11(15(19)20-4)5-6-12(13)16/h5-7,9,18H,1-4H3. The molecule has 0 radical (unpaired) electrons. The molecule has 0 saturated heterocycles. The zero-order chi connectivity index (χ0) is 15.6. The van der Waals surface area contributed by atoms with Crippen molar-refractivity contribution < 1.29 is 9.53 Å². The van der Waals surface area contributed by atoms with Gasteiger partial charge in [-0.25, -0.2) is 9.78 Å². The Morgan fingerprint density at radius 3 is 2.71 bits per heavy atom. The number of aromatic nitrogens is 1. The Morgan fingerprint density at radius 1 is 1.43 bits per heavy atom. The monoisotopic (exact) mass is 324 g/mol. The molecule has 1 aromatic carbocycles. The van der Waals surface area contributed by atoms with E-state index >= 15 is 0 Å². The second-order valence-corrected chi connectivity index (χ2v) is 6.38. The van der Waals surface area contributed by atoms with Gasteiger partial charge in [0, 0.05) is 4.88 Å². The summed E-state index contributed by atoms with van der Waals surface area (Å²) in [6.45, 7) is 6.02. The molecule has 1 unspecified atom stereocenters. The maximum absolute atomic E-state index is 11.6. The van der Waals surface area contributed by atoms with Gasteiger partial charge in [-0.1, -0.05) is 11.6 Å². The minimum atomic E-state index is -0.382. The highest BCUT2D eigenvalue weighted by Crippen LogP contribution is 2.31. The average molecular weight is 325 g/mol. The molecule has 2 rings (SSSR count). The number of thiazole rings is 1. The van der Waals surface area contributed by atoms with Crippen LogP contribution in [-0.2, 0) is 4.74 Å². The molecule has 1 heterocycles. The predicted octanol–water partition coefficient (Wildman–Crippen LogP) is 4.37. The molecule has 112 valence electrons. The molecule has 0 saturated carbocycles. The van der Waals surface area contributed by atoms with Crippen molar-refractivity contribution in [2.75, 3.05) is 12.4 Å². The van der Waals surface area contributed by atoms with Gasteiger partial charge in [-0.05, 0) is 39.0 Å². The summed E-state index contributed by atoms with van der Waals surface area (Å²) in [4.78, 5) is 17.2. The maximum atomic E-state index is 11.6. The summed E-state index contributed by atoms with van der Waals surface area (Å²) in [5, 5.41) is 4.93. The summed E-state index contributed by atoms with van der Waals surface area (Å²) in [5.74, 6) is -0.382. The Labute approximate surface area is 133 Å². The molecule has 0 bridgehead atoms. The number of carbonyl (C=O) groups is 1. The molecule has 0 aliphatic carbocycles. The number of methoxy groups -OCH3 is 1. The highest BCUT2D eigenvalue weighted by atomic mass is 35.5. The van der Waals surface area contributed by atoms with E-state index in [0.29, 0.717) is 16.3 Å². The molecule has 0 aliphatic heterocycles. The van der Waals surface area contributed by atoms with Crippen LogP contribution in [0.4, 0.5) is 5.69 Å². The minimum Gasteiger partial charge on any atom is -0.465 e. The van der Waals surface area contributed by atoms with Crippen LogP contribution in [0.1, 0.15) is 38.9 Å². The van der Waals surface area contributed by atoms with Crippen LogP contribution in [-0.4, -0.2) is 18.1 Å². The fourth-order valence-corrected chi connectivity index (χ4v) is 3.23. The van der Waals surface area contributed by atoms with Gasteiger partial charge in [-0.15, -0.1) is 11.3 Å². The van der Waals surface area contributed by atoms with Crippen molar-refractivity contribution >= 4 is 34.6 Å². The molecule has 0 aliphatic rings. The summed E-state index contributed by atoms with van der Waals surface area (Å²) < 4.78 is 4.73. The topological polar surface area (TPSA) is 51.2 Å². The van der Waals surface area contributed by atoms with Gasteiger partial charge in [0.2, 0.25) is 0 Å². The van der Waals surface area contributed by atoms with Crippen LogP contribution >= 0.6 is 22.9 Å². The van der Waals surface area contributed by atoms with Gasteiger partial charge in [0.1, 0.15) is 0 Å². The SMILES string of the molecule is COC(=O)c1ccc(Cl)c(NC(C)c2sc(C)nc2C)c1. The number of anilines is 1. The van der Waals surface area contributed by atoms with E-state index in [1.54, 1.807) is 29.5 Å². The van der Waals surface area contributed by atoms with E-state index in [4.69, 9.17) is 16.3 Å². The number of nitrogens with zero attached hydrogens (tertiary/aromatic N) is 1. The molecule has 21 heavy (non-hydrogen) atoms. The van der Waals surface area contributed by atoms with Gasteiger partial charge < -0.3 is 10.1 Å². The Balaban J connectivity index is 2.26. The van der Waals surface area contributed by atoms with Crippen LogP contribution in [0.25, 0.3) is 0 Å². The lowest BCUT2D eigenvalue weighted by molar-refractivity contribution is 0.0601. The van der Waals surface area contributed by atoms with E-state index in [0.717, 1.165) is 15.6 Å². The zero-order valence-electron chi connectivity index (χ0n) is 12.4. The number of hydrogen-bond donors (Lipinski definition) is 1. The first-order chi connectivity index (χ1) is 9.92. The van der Waals surface area contributed by atoms with E-state index in [9.17, 15) is 4.79 Å². The fraction of sp³-hybridized carbons (Fsp3) is 0.333. The largest absolute Gasteiger partial charge is 0.465 e. The Hall–Kier alpha value is -1.59. The molecule has 0 fully saturated rings. The molecule has 2 aromatic rings. The second-order valence-electron chi connectivity index (χ2n) is 4.73. The van der Waals surface area contributed by atoms with E-state index in [1.165, 1.54) is 7.11 Å². The van der Waals surface area contributed by atoms with Gasteiger partial charge in [0.05, 0.1) is 40.1 Å². The van der Waals surface area contributed by atoms with Crippen molar-refractivity contribution in [3.63, 3.8) is 0 Å². The van der Waals surface area contributed by atoms with Crippen LogP contribution in [0.3, 0.4) is 0 Å². The number of ether oxygens (including phenoxy) is 1. The Kier molecular flexibility index (Phi) is 4.85. The molecular weight excluding hydrogens is 308 g/mol. The van der Waals surface area contributed by atoms with Crippen molar-refractivity contribution in [2.45, 2.75) is 26.8 Å². The molecule has 0 spiro atoms. The molecule has 1 atom stereocenters. The van der Waals surface area contributed by atoms with Crippen LogP contribution < -0.4 is 5.32 Å². The molecular formula is C15H17ClN2O2S. The van der Waals surface area contributed by atoms with Crippen molar-refractivity contribution in [2.24, 2.45) is 0 Å². The maximum Gasteiger partial charge on any atom is 0.337 e. The minimum absolute atomic E-state index is 0.0570. The molecule has 1 aromatic heterocycles. The Morgan fingerprint density at radius 2 is 2.14 bits per heavy atom. The number of aryl methyl sites for hydroxylation is 2. The van der Waals surface area contributed by atoms with Crippen molar-refractivity contribution in [1.29, 1.82) is 0 Å². The van der Waals surface area contributed by atoms with Crippen LogP contribution in [0, 0.1) is 13.8 Å². The van der Waals surface area contributed by atoms with E-state index in [1.807, 2.05) is 20.8 Å². The predicted molar refractivity (Wildman–Crippen MR) is 86.4 cm³/mol. The highest BCUT2D eigenvalue weighted by molar-refractivity contribution is 7.11. The van der Waals surface area contributed by atoms with Gasteiger partial charge in [0.15, 0.2) is 0 Å². The normalized spacial score (nSPS) is 12.0. The molecule has 6 heteroatoms. The molecule has 0 amide bonds. The quantitative estimate of drug-likeness (QED) is 0.848. The third kappa shape index (κ3) is 3.54. The molecule has 1 N–H and O–H groups in total.